The zero-order valence-electron chi connectivity index (χ0n) is 11.1. The topological polar surface area (TPSA) is 78.1 Å². The van der Waals surface area contributed by atoms with E-state index in [1.165, 1.54) is 16.8 Å². The Kier molecular flexibility index (Phi) is 3.23. The van der Waals surface area contributed by atoms with Gasteiger partial charge in [0.15, 0.2) is 5.03 Å². The highest BCUT2D eigenvalue weighted by Gasteiger charge is 2.33. The monoisotopic (exact) mass is 292 g/mol. The van der Waals surface area contributed by atoms with Gasteiger partial charge in [-0.1, -0.05) is 18.2 Å². The van der Waals surface area contributed by atoms with Crippen molar-refractivity contribution in [3.05, 3.63) is 42.4 Å². The molecular formula is C13H16N4O2S. The van der Waals surface area contributed by atoms with E-state index in [-0.39, 0.29) is 11.1 Å². The predicted octanol–water partition coefficient (Wildman–Crippen LogP) is 1.27. The molecule has 1 aromatic heterocycles. The van der Waals surface area contributed by atoms with Crippen LogP contribution in [-0.4, -0.2) is 32.0 Å². The summed E-state index contributed by atoms with van der Waals surface area (Å²) in [7, 11) is -1.69. The molecule has 0 amide bonds. The Balaban J connectivity index is 2.09. The number of nitrogens with zero attached hydrogens (tertiary/aromatic N) is 2. The van der Waals surface area contributed by atoms with E-state index in [4.69, 9.17) is 0 Å². The van der Waals surface area contributed by atoms with Crippen LogP contribution in [0.3, 0.4) is 0 Å². The number of nitrogens with one attached hydrogen (secondary N) is 2. The van der Waals surface area contributed by atoms with Gasteiger partial charge in [0, 0.05) is 12.6 Å². The van der Waals surface area contributed by atoms with Gasteiger partial charge in [-0.3, -0.25) is 4.31 Å². The number of sulfonamides is 1. The fourth-order valence-electron chi connectivity index (χ4n) is 2.58. The first-order valence-electron chi connectivity index (χ1n) is 6.42. The number of aromatic nitrogens is 2. The number of fused-ring (bicyclic) bond motifs is 1. The molecule has 2 aromatic rings. The standard InChI is InChI=1S/C13H16N4O2S/c1-14-11-6-7-17(12-5-3-2-4-10(11)12)20(18,19)13-8-15-9-16-13/h2-5,8-9,11,14H,6-7H2,1H3,(H,15,16). The van der Waals surface area contributed by atoms with E-state index in [9.17, 15) is 8.42 Å². The quantitative estimate of drug-likeness (QED) is 0.893. The maximum Gasteiger partial charge on any atom is 0.281 e. The van der Waals surface area contributed by atoms with E-state index in [2.05, 4.69) is 15.3 Å². The third kappa shape index (κ3) is 1.99. The van der Waals surface area contributed by atoms with Crippen LogP contribution in [0.2, 0.25) is 0 Å². The molecule has 1 aliphatic heterocycles. The highest BCUT2D eigenvalue weighted by Crippen LogP contribution is 2.36. The largest absolute Gasteiger partial charge is 0.334 e. The van der Waals surface area contributed by atoms with Crippen LogP contribution in [-0.2, 0) is 10.0 Å². The summed E-state index contributed by atoms with van der Waals surface area (Å²) in [5, 5.41) is 3.35. The third-order valence-corrected chi connectivity index (χ3v) is 5.33. The minimum absolute atomic E-state index is 0.121. The van der Waals surface area contributed by atoms with Gasteiger partial charge >= 0.3 is 0 Å². The van der Waals surface area contributed by atoms with E-state index in [1.54, 1.807) is 0 Å². The van der Waals surface area contributed by atoms with Crippen LogP contribution in [0.5, 0.6) is 0 Å². The summed E-state index contributed by atoms with van der Waals surface area (Å²) >= 11 is 0. The van der Waals surface area contributed by atoms with Gasteiger partial charge in [-0.05, 0) is 25.1 Å². The maximum absolute atomic E-state index is 12.6. The average molecular weight is 292 g/mol. The third-order valence-electron chi connectivity index (χ3n) is 3.59. The lowest BCUT2D eigenvalue weighted by molar-refractivity contribution is 0.528. The molecule has 20 heavy (non-hydrogen) atoms. The van der Waals surface area contributed by atoms with Crippen LogP contribution in [0, 0.1) is 0 Å². The molecule has 3 rings (SSSR count). The summed E-state index contributed by atoms with van der Waals surface area (Å²) < 4.78 is 26.7. The Morgan fingerprint density at radius 1 is 1.40 bits per heavy atom. The molecule has 1 aliphatic rings. The van der Waals surface area contributed by atoms with Crippen molar-refractivity contribution in [2.75, 3.05) is 17.9 Å². The predicted molar refractivity (Wildman–Crippen MR) is 76.0 cm³/mol. The second-order valence-corrected chi connectivity index (χ2v) is 6.51. The van der Waals surface area contributed by atoms with Gasteiger partial charge in [0.25, 0.3) is 10.0 Å². The van der Waals surface area contributed by atoms with Crippen LogP contribution in [0.1, 0.15) is 18.0 Å². The van der Waals surface area contributed by atoms with Gasteiger partial charge < -0.3 is 10.3 Å². The highest BCUT2D eigenvalue weighted by molar-refractivity contribution is 7.92. The van der Waals surface area contributed by atoms with Crippen molar-refractivity contribution in [3.8, 4) is 0 Å². The van der Waals surface area contributed by atoms with Gasteiger partial charge in [-0.25, -0.2) is 4.98 Å². The summed E-state index contributed by atoms with van der Waals surface area (Å²) in [6.07, 6.45) is 3.45. The first kappa shape index (κ1) is 13.1. The lowest BCUT2D eigenvalue weighted by Crippen LogP contribution is -2.39. The molecule has 6 nitrogen and oxygen atoms in total. The van der Waals surface area contributed by atoms with Crippen LogP contribution in [0.25, 0.3) is 0 Å². The number of imidazole rings is 1. The smallest absolute Gasteiger partial charge is 0.281 e. The minimum Gasteiger partial charge on any atom is -0.334 e. The van der Waals surface area contributed by atoms with Crippen molar-refractivity contribution in [1.82, 2.24) is 15.3 Å². The zero-order valence-corrected chi connectivity index (χ0v) is 11.9. The summed E-state index contributed by atoms with van der Waals surface area (Å²) in [5.74, 6) is 0. The molecule has 2 heterocycles. The van der Waals surface area contributed by atoms with Gasteiger partial charge in [-0.2, -0.15) is 8.42 Å². The number of rotatable bonds is 3. The van der Waals surface area contributed by atoms with Gasteiger partial charge in [0.1, 0.15) is 0 Å². The normalized spacial score (nSPS) is 18.9. The molecule has 0 spiro atoms. The second-order valence-electron chi connectivity index (χ2n) is 4.68. The van der Waals surface area contributed by atoms with E-state index in [1.807, 2.05) is 31.3 Å². The molecule has 1 aromatic carbocycles. The Bertz CT molecular complexity index is 697. The Hall–Kier alpha value is -1.86. The van der Waals surface area contributed by atoms with E-state index in [0.29, 0.717) is 6.54 Å². The zero-order chi connectivity index (χ0) is 14.2. The molecule has 1 atom stereocenters. The van der Waals surface area contributed by atoms with Gasteiger partial charge in [-0.15, -0.1) is 0 Å². The van der Waals surface area contributed by atoms with E-state index < -0.39 is 10.0 Å². The maximum atomic E-state index is 12.6. The average Bonchev–Trinajstić information content (AvgIpc) is 3.01. The van der Waals surface area contributed by atoms with Crippen molar-refractivity contribution >= 4 is 15.7 Å². The van der Waals surface area contributed by atoms with E-state index >= 15 is 0 Å². The van der Waals surface area contributed by atoms with Gasteiger partial charge in [0.05, 0.1) is 18.2 Å². The number of H-pyrrole nitrogens is 1. The van der Waals surface area contributed by atoms with Crippen molar-refractivity contribution in [1.29, 1.82) is 0 Å². The highest BCUT2D eigenvalue weighted by atomic mass is 32.2. The molecule has 0 saturated carbocycles. The van der Waals surface area contributed by atoms with Crippen LogP contribution < -0.4 is 9.62 Å². The molecule has 0 radical (unpaired) electrons. The van der Waals surface area contributed by atoms with E-state index in [0.717, 1.165) is 17.7 Å². The number of hydrogen-bond donors (Lipinski definition) is 2. The van der Waals surface area contributed by atoms with Crippen molar-refractivity contribution in [3.63, 3.8) is 0 Å². The SMILES string of the molecule is CNC1CCN(S(=O)(=O)c2cnc[nH]2)c2ccccc21. The van der Waals surface area contributed by atoms with Gasteiger partial charge in [0.2, 0.25) is 0 Å². The molecule has 7 heteroatoms. The first-order chi connectivity index (χ1) is 9.64. The van der Waals surface area contributed by atoms with Crippen LogP contribution in [0.4, 0.5) is 5.69 Å². The summed E-state index contributed by atoms with van der Waals surface area (Å²) in [4.78, 5) is 6.47. The number of benzene rings is 1. The van der Waals surface area contributed by atoms with Crippen LogP contribution >= 0.6 is 0 Å². The molecule has 2 N–H and O–H groups in total. The van der Waals surface area contributed by atoms with Crippen molar-refractivity contribution < 1.29 is 8.42 Å². The summed E-state index contributed by atoms with van der Waals surface area (Å²) in [6.45, 7) is 0.448. The Morgan fingerprint density at radius 3 is 2.90 bits per heavy atom. The molecule has 106 valence electrons. The molecule has 0 aliphatic carbocycles. The lowest BCUT2D eigenvalue weighted by atomic mass is 9.98. The molecular weight excluding hydrogens is 276 g/mol. The summed E-state index contributed by atoms with van der Waals surface area (Å²) in [5.41, 5.74) is 1.73. The summed E-state index contributed by atoms with van der Waals surface area (Å²) in [6, 6.07) is 7.76. The van der Waals surface area contributed by atoms with Crippen molar-refractivity contribution in [2.24, 2.45) is 0 Å². The Morgan fingerprint density at radius 2 is 2.20 bits per heavy atom. The Labute approximate surface area is 117 Å². The minimum atomic E-state index is -3.58. The second kappa shape index (κ2) is 4.92. The van der Waals surface area contributed by atoms with Crippen LogP contribution in [0.15, 0.2) is 41.8 Å². The molecule has 1 unspecified atom stereocenters. The molecule has 0 bridgehead atoms. The lowest BCUT2D eigenvalue weighted by Gasteiger charge is -2.34. The number of hydrogen-bond acceptors (Lipinski definition) is 4. The number of para-hydroxylation sites is 1. The molecule has 0 fully saturated rings. The van der Waals surface area contributed by atoms with Crippen molar-refractivity contribution in [2.45, 2.75) is 17.5 Å². The fraction of sp³-hybridized carbons (Fsp3) is 0.308. The first-order valence-corrected chi connectivity index (χ1v) is 7.86. The molecule has 0 saturated heterocycles. The fourth-order valence-corrected chi connectivity index (χ4v) is 3.99. The number of aromatic amines is 1. The number of anilines is 1.